The Morgan fingerprint density at radius 3 is 2.44 bits per heavy atom. The van der Waals surface area contributed by atoms with Gasteiger partial charge in [0.2, 0.25) is 5.91 Å². The maximum Gasteiger partial charge on any atom is 0.280 e. The highest BCUT2D eigenvalue weighted by atomic mass is 19.3. The van der Waals surface area contributed by atoms with E-state index in [-0.39, 0.29) is 23.2 Å². The largest absolute Gasteiger partial charge is 0.366 e. The highest BCUT2D eigenvalue weighted by Gasteiger charge is 2.43. The highest BCUT2D eigenvalue weighted by molar-refractivity contribution is 5.87. The number of amides is 1. The number of hydrogen-bond donors (Lipinski definition) is 0. The van der Waals surface area contributed by atoms with Gasteiger partial charge < -0.3 is 19.4 Å². The Hall–Kier alpha value is -2.52. The topological polar surface area (TPSA) is 52.2 Å². The Labute approximate surface area is 212 Å². The molecule has 3 fully saturated rings. The first-order valence-electron chi connectivity index (χ1n) is 13.0. The minimum atomic E-state index is -2.62. The molecule has 4 aliphatic rings. The first kappa shape index (κ1) is 25.1. The van der Waals surface area contributed by atoms with Gasteiger partial charge in [0, 0.05) is 69.7 Å². The van der Waals surface area contributed by atoms with Crippen molar-refractivity contribution < 1.29 is 18.3 Å². The van der Waals surface area contributed by atoms with Crippen molar-refractivity contribution in [2.24, 2.45) is 0 Å². The van der Waals surface area contributed by atoms with E-state index in [9.17, 15) is 13.6 Å². The molecule has 196 valence electrons. The van der Waals surface area contributed by atoms with Crippen LogP contribution in [-0.2, 0) is 9.53 Å². The van der Waals surface area contributed by atoms with Crippen molar-refractivity contribution in [3.05, 3.63) is 41.6 Å². The van der Waals surface area contributed by atoms with Crippen LogP contribution in [0, 0.1) is 6.92 Å². The molecule has 0 bridgehead atoms. The monoisotopic (exact) mass is 501 g/mol. The van der Waals surface area contributed by atoms with Gasteiger partial charge in [-0.2, -0.15) is 0 Å². The standard InChI is InChI=1S/C27H37F2N5O2/c1-5-24(35)33-13-11-31(12-14-33)22-17-34(20(22)4)21-16-23(30-25(19(21)3)26(28)29)32-9-7-27(8-10-32)18(2)6-15-36-27/h5-6,16,20,22,26H,1,7-15,17H2,2-4H3/t20-,22-/m1/s1. The van der Waals surface area contributed by atoms with Gasteiger partial charge >= 0.3 is 0 Å². The van der Waals surface area contributed by atoms with E-state index < -0.39 is 6.43 Å². The quantitative estimate of drug-likeness (QED) is 0.455. The van der Waals surface area contributed by atoms with Crippen LogP contribution in [0.5, 0.6) is 0 Å². The average Bonchev–Trinajstić information content (AvgIpc) is 3.23. The Bertz CT molecular complexity index is 1040. The molecule has 1 aromatic heterocycles. The zero-order valence-corrected chi connectivity index (χ0v) is 21.6. The summed E-state index contributed by atoms with van der Waals surface area (Å²) in [6.07, 6.45) is 2.57. The number of anilines is 2. The molecule has 4 aliphatic heterocycles. The molecule has 3 saturated heterocycles. The van der Waals surface area contributed by atoms with Gasteiger partial charge in [-0.3, -0.25) is 9.69 Å². The molecule has 7 nitrogen and oxygen atoms in total. The van der Waals surface area contributed by atoms with E-state index in [1.807, 2.05) is 11.0 Å². The minimum absolute atomic E-state index is 0.0216. The third kappa shape index (κ3) is 4.30. The second-order valence-corrected chi connectivity index (χ2v) is 10.5. The molecular weight excluding hydrogens is 464 g/mol. The molecule has 0 aromatic carbocycles. The number of piperazine rings is 1. The van der Waals surface area contributed by atoms with Crippen molar-refractivity contribution in [3.8, 4) is 0 Å². The van der Waals surface area contributed by atoms with Crippen molar-refractivity contribution in [2.45, 2.75) is 57.7 Å². The van der Waals surface area contributed by atoms with Gasteiger partial charge in [0.05, 0.1) is 12.2 Å². The number of hydrogen-bond acceptors (Lipinski definition) is 6. The maximum atomic E-state index is 14.1. The minimum Gasteiger partial charge on any atom is -0.366 e. The molecule has 0 N–H and O–H groups in total. The number of ether oxygens (including phenoxy) is 1. The summed E-state index contributed by atoms with van der Waals surface area (Å²) in [6.45, 7) is 15.5. The van der Waals surface area contributed by atoms with E-state index in [0.29, 0.717) is 37.1 Å². The number of halogens is 2. The van der Waals surface area contributed by atoms with Gasteiger partial charge in [0.25, 0.3) is 6.43 Å². The lowest BCUT2D eigenvalue weighted by Gasteiger charge is -2.54. The van der Waals surface area contributed by atoms with Crippen LogP contribution in [0.25, 0.3) is 0 Å². The Morgan fingerprint density at radius 1 is 1.19 bits per heavy atom. The molecule has 36 heavy (non-hydrogen) atoms. The SMILES string of the molecule is C=CC(=O)N1CCN([C@@H]2CN(c3cc(N4CCC5(CC4)OCC=C5C)nc(C(F)F)c3C)[C@@H]2C)CC1. The lowest BCUT2D eigenvalue weighted by atomic mass is 9.85. The molecular formula is C27H37F2N5O2. The first-order chi connectivity index (χ1) is 17.2. The number of rotatable bonds is 5. The van der Waals surface area contributed by atoms with Gasteiger partial charge in [-0.1, -0.05) is 12.7 Å². The van der Waals surface area contributed by atoms with Crippen molar-refractivity contribution >= 4 is 17.4 Å². The fourth-order valence-corrected chi connectivity index (χ4v) is 6.27. The highest BCUT2D eigenvalue weighted by Crippen LogP contribution is 2.41. The predicted molar refractivity (Wildman–Crippen MR) is 137 cm³/mol. The van der Waals surface area contributed by atoms with Crippen LogP contribution in [0.1, 0.15) is 44.4 Å². The Kier molecular flexibility index (Phi) is 6.80. The van der Waals surface area contributed by atoms with E-state index in [0.717, 1.165) is 51.3 Å². The lowest BCUT2D eigenvalue weighted by molar-refractivity contribution is -0.128. The third-order valence-electron chi connectivity index (χ3n) is 8.85. The normalized spacial score (nSPS) is 26.4. The molecule has 5 heterocycles. The van der Waals surface area contributed by atoms with Crippen LogP contribution in [0.4, 0.5) is 20.3 Å². The summed E-state index contributed by atoms with van der Waals surface area (Å²) in [7, 11) is 0. The number of pyridine rings is 1. The lowest BCUT2D eigenvalue weighted by Crippen LogP contribution is -2.68. The van der Waals surface area contributed by atoms with Crippen LogP contribution in [0.15, 0.2) is 30.4 Å². The van der Waals surface area contributed by atoms with Crippen molar-refractivity contribution in [2.75, 3.05) is 62.2 Å². The number of aromatic nitrogens is 1. The van der Waals surface area contributed by atoms with Crippen LogP contribution >= 0.6 is 0 Å². The van der Waals surface area contributed by atoms with E-state index in [1.165, 1.54) is 11.6 Å². The molecule has 0 saturated carbocycles. The predicted octanol–water partition coefficient (Wildman–Crippen LogP) is 3.55. The molecule has 1 amide bonds. The fourth-order valence-electron chi connectivity index (χ4n) is 6.27. The Balaban J connectivity index is 1.30. The number of alkyl halides is 2. The molecule has 2 atom stereocenters. The van der Waals surface area contributed by atoms with Gasteiger partial charge in [-0.25, -0.2) is 13.8 Å². The van der Waals surface area contributed by atoms with Crippen LogP contribution in [-0.4, -0.2) is 90.8 Å². The number of piperidine rings is 1. The summed E-state index contributed by atoms with van der Waals surface area (Å²) in [5.41, 5.74) is 2.38. The van der Waals surface area contributed by atoms with E-state index in [4.69, 9.17) is 4.74 Å². The number of carbonyl (C=O) groups is 1. The summed E-state index contributed by atoms with van der Waals surface area (Å²) in [5.74, 6) is 0.610. The summed E-state index contributed by atoms with van der Waals surface area (Å²) < 4.78 is 34.2. The molecule has 0 radical (unpaired) electrons. The second-order valence-electron chi connectivity index (χ2n) is 10.5. The van der Waals surface area contributed by atoms with Gasteiger partial charge in [-0.15, -0.1) is 0 Å². The molecule has 5 rings (SSSR count). The summed E-state index contributed by atoms with van der Waals surface area (Å²) in [4.78, 5) is 25.0. The number of carbonyl (C=O) groups excluding carboxylic acids is 1. The third-order valence-corrected chi connectivity index (χ3v) is 8.85. The zero-order valence-electron chi connectivity index (χ0n) is 21.6. The van der Waals surface area contributed by atoms with Gasteiger partial charge in [0.15, 0.2) is 0 Å². The van der Waals surface area contributed by atoms with Gasteiger partial charge in [0.1, 0.15) is 11.5 Å². The van der Waals surface area contributed by atoms with E-state index in [2.05, 4.69) is 46.2 Å². The maximum absolute atomic E-state index is 14.1. The molecule has 0 unspecified atom stereocenters. The van der Waals surface area contributed by atoms with Crippen LogP contribution in [0.2, 0.25) is 0 Å². The molecule has 1 spiro atoms. The molecule has 9 heteroatoms. The summed E-state index contributed by atoms with van der Waals surface area (Å²) >= 11 is 0. The van der Waals surface area contributed by atoms with Crippen molar-refractivity contribution in [1.82, 2.24) is 14.8 Å². The van der Waals surface area contributed by atoms with Crippen molar-refractivity contribution in [1.29, 1.82) is 0 Å². The Morgan fingerprint density at radius 2 is 1.89 bits per heavy atom. The first-order valence-corrected chi connectivity index (χ1v) is 13.0. The summed E-state index contributed by atoms with van der Waals surface area (Å²) in [5, 5.41) is 0. The van der Waals surface area contributed by atoms with E-state index >= 15 is 0 Å². The average molecular weight is 502 g/mol. The second kappa shape index (κ2) is 9.74. The van der Waals surface area contributed by atoms with Crippen LogP contribution in [0.3, 0.4) is 0 Å². The smallest absolute Gasteiger partial charge is 0.280 e. The molecule has 1 aromatic rings. The zero-order chi connectivity index (χ0) is 25.6. The van der Waals surface area contributed by atoms with Gasteiger partial charge in [-0.05, 0) is 50.8 Å². The van der Waals surface area contributed by atoms with E-state index in [1.54, 1.807) is 6.92 Å². The number of nitrogens with zero attached hydrogens (tertiary/aromatic N) is 5. The molecule has 0 aliphatic carbocycles. The fraction of sp³-hybridized carbons (Fsp3) is 0.630. The van der Waals surface area contributed by atoms with Crippen LogP contribution < -0.4 is 9.80 Å². The van der Waals surface area contributed by atoms with Crippen molar-refractivity contribution in [3.63, 3.8) is 0 Å². The summed E-state index contributed by atoms with van der Waals surface area (Å²) in [6, 6.07) is 2.53.